The Labute approximate surface area is 94.8 Å². The lowest BCUT2D eigenvalue weighted by molar-refractivity contribution is 0.288. The van der Waals surface area contributed by atoms with E-state index < -0.39 is 0 Å². The van der Waals surface area contributed by atoms with E-state index in [0.717, 1.165) is 48.0 Å². The lowest BCUT2D eigenvalue weighted by Crippen LogP contribution is -2.21. The summed E-state index contributed by atoms with van der Waals surface area (Å²) < 4.78 is 5.64. The second kappa shape index (κ2) is 3.37. The van der Waals surface area contributed by atoms with Gasteiger partial charge < -0.3 is 10.1 Å². The third-order valence-corrected chi connectivity index (χ3v) is 2.97. The smallest absolute Gasteiger partial charge is 0.124 e. The van der Waals surface area contributed by atoms with Gasteiger partial charge in [0.2, 0.25) is 0 Å². The van der Waals surface area contributed by atoms with Crippen molar-refractivity contribution >= 4 is 17.2 Å². The maximum atomic E-state index is 5.64. The van der Waals surface area contributed by atoms with Crippen LogP contribution in [0.1, 0.15) is 24.5 Å². The molecule has 0 bridgehead atoms. The van der Waals surface area contributed by atoms with Gasteiger partial charge in [-0.1, -0.05) is 6.58 Å². The van der Waals surface area contributed by atoms with E-state index in [2.05, 4.69) is 23.0 Å². The van der Waals surface area contributed by atoms with Gasteiger partial charge in [-0.25, -0.2) is 4.99 Å². The van der Waals surface area contributed by atoms with E-state index in [9.17, 15) is 0 Å². The van der Waals surface area contributed by atoms with E-state index >= 15 is 0 Å². The van der Waals surface area contributed by atoms with Crippen LogP contribution in [0.4, 0.5) is 5.69 Å². The van der Waals surface area contributed by atoms with Crippen molar-refractivity contribution in [2.45, 2.75) is 19.8 Å². The minimum atomic E-state index is 0.813. The lowest BCUT2D eigenvalue weighted by Gasteiger charge is -2.23. The zero-order valence-electron chi connectivity index (χ0n) is 9.34. The van der Waals surface area contributed by atoms with Gasteiger partial charge in [0.05, 0.1) is 12.3 Å². The molecule has 0 fully saturated rings. The van der Waals surface area contributed by atoms with Gasteiger partial charge in [0.15, 0.2) is 0 Å². The van der Waals surface area contributed by atoms with Crippen molar-refractivity contribution in [1.29, 1.82) is 0 Å². The van der Waals surface area contributed by atoms with Crippen LogP contribution in [-0.2, 0) is 6.42 Å². The number of rotatable bonds is 0. The van der Waals surface area contributed by atoms with Gasteiger partial charge in [-0.3, -0.25) is 0 Å². The molecule has 2 aliphatic heterocycles. The molecule has 0 spiro atoms. The number of hydrogen-bond acceptors (Lipinski definition) is 3. The Balaban J connectivity index is 2.17. The number of aryl methyl sites for hydroxylation is 1. The normalized spacial score (nSPS) is 17.8. The van der Waals surface area contributed by atoms with Crippen LogP contribution < -0.4 is 10.1 Å². The number of amidine groups is 1. The largest absolute Gasteiger partial charge is 0.493 e. The standard InChI is InChI=1S/C13H14N2O/c1-8-11-6-10-4-3-5-16-13(10)7-12(11)15-9(2)14-8/h6-7H,1,3-5H2,2H3,(H,14,15). The molecule has 0 saturated heterocycles. The summed E-state index contributed by atoms with van der Waals surface area (Å²) in [5.74, 6) is 1.87. The Hall–Kier alpha value is -1.77. The first kappa shape index (κ1) is 9.46. The van der Waals surface area contributed by atoms with E-state index in [4.69, 9.17) is 4.74 Å². The molecule has 1 aromatic rings. The minimum Gasteiger partial charge on any atom is -0.493 e. The molecular weight excluding hydrogens is 200 g/mol. The predicted molar refractivity (Wildman–Crippen MR) is 65.2 cm³/mol. The summed E-state index contributed by atoms with van der Waals surface area (Å²) in [6, 6.07) is 4.18. The van der Waals surface area contributed by atoms with Crippen LogP contribution in [0.5, 0.6) is 5.75 Å². The monoisotopic (exact) mass is 214 g/mol. The van der Waals surface area contributed by atoms with Crippen molar-refractivity contribution in [2.75, 3.05) is 6.61 Å². The molecule has 0 saturated carbocycles. The number of benzene rings is 1. The van der Waals surface area contributed by atoms with Crippen molar-refractivity contribution in [3.8, 4) is 5.75 Å². The van der Waals surface area contributed by atoms with Gasteiger partial charge in [0.1, 0.15) is 11.6 Å². The number of aliphatic imine (C=N–C) groups is 1. The SMILES string of the molecule is C=C1NC(C)=Nc2cc3c(cc21)CCCO3. The first-order chi connectivity index (χ1) is 7.74. The second-order valence-electron chi connectivity index (χ2n) is 4.23. The fraction of sp³-hybridized carbons (Fsp3) is 0.308. The van der Waals surface area contributed by atoms with Crippen LogP contribution in [0.25, 0.3) is 5.70 Å². The zero-order chi connectivity index (χ0) is 11.1. The third-order valence-electron chi connectivity index (χ3n) is 2.97. The summed E-state index contributed by atoms with van der Waals surface area (Å²) in [5, 5.41) is 3.16. The van der Waals surface area contributed by atoms with E-state index in [-0.39, 0.29) is 0 Å². The van der Waals surface area contributed by atoms with Gasteiger partial charge in [-0.2, -0.15) is 0 Å². The highest BCUT2D eigenvalue weighted by atomic mass is 16.5. The van der Waals surface area contributed by atoms with E-state index in [1.54, 1.807) is 0 Å². The maximum Gasteiger partial charge on any atom is 0.124 e. The molecule has 0 unspecified atom stereocenters. The molecule has 0 aromatic heterocycles. The van der Waals surface area contributed by atoms with Gasteiger partial charge >= 0.3 is 0 Å². The first-order valence-corrected chi connectivity index (χ1v) is 5.55. The van der Waals surface area contributed by atoms with Crippen LogP contribution in [0, 0.1) is 0 Å². The molecule has 16 heavy (non-hydrogen) atoms. The maximum absolute atomic E-state index is 5.64. The molecule has 3 rings (SSSR count). The molecule has 0 amide bonds. The van der Waals surface area contributed by atoms with Crippen LogP contribution in [0.2, 0.25) is 0 Å². The van der Waals surface area contributed by atoms with Gasteiger partial charge in [0.25, 0.3) is 0 Å². The van der Waals surface area contributed by atoms with Crippen molar-refractivity contribution in [3.05, 3.63) is 29.8 Å². The summed E-state index contributed by atoms with van der Waals surface area (Å²) in [4.78, 5) is 4.47. The molecule has 82 valence electrons. The summed E-state index contributed by atoms with van der Waals surface area (Å²) in [6.45, 7) is 6.77. The van der Waals surface area contributed by atoms with Gasteiger partial charge in [-0.05, 0) is 31.4 Å². The molecule has 2 heterocycles. The number of fused-ring (bicyclic) bond motifs is 2. The van der Waals surface area contributed by atoms with Crippen LogP contribution >= 0.6 is 0 Å². The molecular formula is C13H14N2O. The van der Waals surface area contributed by atoms with Crippen LogP contribution in [-0.4, -0.2) is 12.4 Å². The summed E-state index contributed by atoms with van der Waals surface area (Å²) in [7, 11) is 0. The summed E-state index contributed by atoms with van der Waals surface area (Å²) in [6.07, 6.45) is 2.17. The number of hydrogen-bond donors (Lipinski definition) is 1. The number of nitrogens with zero attached hydrogens (tertiary/aromatic N) is 1. The lowest BCUT2D eigenvalue weighted by atomic mass is 9.99. The third kappa shape index (κ3) is 1.40. The van der Waals surface area contributed by atoms with Crippen molar-refractivity contribution in [3.63, 3.8) is 0 Å². The molecule has 2 aliphatic rings. The molecule has 0 atom stereocenters. The molecule has 3 heteroatoms. The number of nitrogens with one attached hydrogen (secondary N) is 1. The minimum absolute atomic E-state index is 0.813. The quantitative estimate of drug-likeness (QED) is 0.720. The van der Waals surface area contributed by atoms with E-state index in [1.165, 1.54) is 5.56 Å². The van der Waals surface area contributed by atoms with Gasteiger partial charge in [-0.15, -0.1) is 0 Å². The van der Waals surface area contributed by atoms with Gasteiger partial charge in [0, 0.05) is 17.3 Å². The van der Waals surface area contributed by atoms with E-state index in [0.29, 0.717) is 0 Å². The molecule has 0 aliphatic carbocycles. The molecule has 1 N–H and O–H groups in total. The average molecular weight is 214 g/mol. The van der Waals surface area contributed by atoms with Crippen molar-refractivity contribution in [2.24, 2.45) is 4.99 Å². The highest BCUT2D eigenvalue weighted by molar-refractivity contribution is 5.96. The van der Waals surface area contributed by atoms with Crippen molar-refractivity contribution in [1.82, 2.24) is 5.32 Å². The Morgan fingerprint density at radius 3 is 3.19 bits per heavy atom. The Bertz CT molecular complexity index is 503. The highest BCUT2D eigenvalue weighted by Crippen LogP contribution is 2.36. The molecule has 1 aromatic carbocycles. The highest BCUT2D eigenvalue weighted by Gasteiger charge is 2.18. The summed E-state index contributed by atoms with van der Waals surface area (Å²) >= 11 is 0. The Kier molecular flexibility index (Phi) is 1.99. The van der Waals surface area contributed by atoms with Crippen LogP contribution in [0.15, 0.2) is 23.7 Å². The van der Waals surface area contributed by atoms with Crippen LogP contribution in [0.3, 0.4) is 0 Å². The second-order valence-corrected chi connectivity index (χ2v) is 4.23. The Morgan fingerprint density at radius 2 is 2.31 bits per heavy atom. The zero-order valence-corrected chi connectivity index (χ0v) is 9.34. The molecule has 3 nitrogen and oxygen atoms in total. The fourth-order valence-electron chi connectivity index (χ4n) is 2.22. The fourth-order valence-corrected chi connectivity index (χ4v) is 2.22. The topological polar surface area (TPSA) is 33.6 Å². The Morgan fingerprint density at radius 1 is 1.44 bits per heavy atom. The summed E-state index contributed by atoms with van der Waals surface area (Å²) in [5.41, 5.74) is 4.25. The number of ether oxygens (including phenoxy) is 1. The first-order valence-electron chi connectivity index (χ1n) is 5.55. The average Bonchev–Trinajstić information content (AvgIpc) is 2.27. The van der Waals surface area contributed by atoms with E-state index in [1.807, 2.05) is 13.0 Å². The predicted octanol–water partition coefficient (Wildman–Crippen LogP) is 2.64. The van der Waals surface area contributed by atoms with Crippen molar-refractivity contribution < 1.29 is 4.74 Å². The molecule has 0 radical (unpaired) electrons.